The minimum absolute atomic E-state index is 0.0763. The summed E-state index contributed by atoms with van der Waals surface area (Å²) in [6.45, 7) is 0.555. The lowest BCUT2D eigenvalue weighted by molar-refractivity contribution is -0.384. The number of ether oxygens (including phenoxy) is 2. The van der Waals surface area contributed by atoms with E-state index in [-0.39, 0.29) is 16.7 Å². The number of nitrogens with zero attached hydrogens (tertiary/aromatic N) is 2. The van der Waals surface area contributed by atoms with Crippen molar-refractivity contribution in [2.24, 2.45) is 0 Å². The Labute approximate surface area is 175 Å². The smallest absolute Gasteiger partial charge is 0.269 e. The topological polar surface area (TPSA) is 64.8 Å². The predicted octanol–water partition coefficient (Wildman–Crippen LogP) is 5.20. The second-order valence-corrected chi connectivity index (χ2v) is 7.02. The van der Waals surface area contributed by atoms with Crippen LogP contribution in [-0.2, 0) is 4.74 Å². The van der Waals surface area contributed by atoms with Gasteiger partial charge >= 0.3 is 0 Å². The van der Waals surface area contributed by atoms with Crippen molar-refractivity contribution >= 4 is 17.5 Å². The minimum atomic E-state index is -0.378. The lowest BCUT2D eigenvalue weighted by Gasteiger charge is -2.34. The molecule has 0 radical (unpaired) electrons. The van der Waals surface area contributed by atoms with Crippen molar-refractivity contribution in [1.29, 1.82) is 0 Å². The van der Waals surface area contributed by atoms with Gasteiger partial charge in [0.15, 0.2) is 0 Å². The molecule has 0 bridgehead atoms. The van der Waals surface area contributed by atoms with E-state index < -0.39 is 0 Å². The molecule has 1 heterocycles. The molecule has 152 valence electrons. The quantitative estimate of drug-likeness (QED) is 0.433. The molecule has 0 N–H and O–H groups in total. The molecule has 3 aromatic carbocycles. The van der Waals surface area contributed by atoms with Crippen molar-refractivity contribution in [2.75, 3.05) is 25.7 Å². The molecule has 0 aliphatic carbocycles. The minimum Gasteiger partial charge on any atom is -0.499 e. The average molecular weight is 402 g/mol. The third kappa shape index (κ3) is 3.72. The fraction of sp³-hybridized carbons (Fsp3) is 0.167. The van der Waals surface area contributed by atoms with Crippen molar-refractivity contribution in [1.82, 2.24) is 0 Å². The van der Waals surface area contributed by atoms with Crippen LogP contribution in [0.2, 0.25) is 0 Å². The first kappa shape index (κ1) is 19.5. The SMILES string of the molecule is COC1=Cc2ccccc2C(c2ccc([N+](=O)[O-])cc2)N(c2ccc(OC)cc2)C1. The first-order valence-electron chi connectivity index (χ1n) is 9.59. The van der Waals surface area contributed by atoms with Crippen molar-refractivity contribution in [3.63, 3.8) is 0 Å². The predicted molar refractivity (Wildman–Crippen MR) is 117 cm³/mol. The second kappa shape index (κ2) is 8.29. The van der Waals surface area contributed by atoms with Gasteiger partial charge in [0.1, 0.15) is 11.5 Å². The van der Waals surface area contributed by atoms with Crippen LogP contribution in [0.3, 0.4) is 0 Å². The molecular formula is C24H22N2O4. The number of benzene rings is 3. The summed E-state index contributed by atoms with van der Waals surface area (Å²) < 4.78 is 11.0. The van der Waals surface area contributed by atoms with Crippen molar-refractivity contribution in [3.8, 4) is 5.75 Å². The molecular weight excluding hydrogens is 380 g/mol. The van der Waals surface area contributed by atoms with Gasteiger partial charge < -0.3 is 14.4 Å². The van der Waals surface area contributed by atoms with Crippen molar-refractivity contribution in [3.05, 3.63) is 105 Å². The van der Waals surface area contributed by atoms with Gasteiger partial charge in [-0.3, -0.25) is 10.1 Å². The van der Waals surface area contributed by atoms with E-state index in [1.807, 2.05) is 48.5 Å². The van der Waals surface area contributed by atoms with E-state index in [2.05, 4.69) is 23.1 Å². The lowest BCUT2D eigenvalue weighted by atomic mass is 9.93. The van der Waals surface area contributed by atoms with E-state index in [1.54, 1.807) is 26.4 Å². The molecule has 0 amide bonds. The Kier molecular flexibility index (Phi) is 5.39. The number of hydrogen-bond acceptors (Lipinski definition) is 5. The summed E-state index contributed by atoms with van der Waals surface area (Å²) >= 11 is 0. The van der Waals surface area contributed by atoms with Gasteiger partial charge in [-0.25, -0.2) is 0 Å². The summed E-state index contributed by atoms with van der Waals surface area (Å²) in [5.74, 6) is 1.62. The van der Waals surface area contributed by atoms with E-state index in [9.17, 15) is 10.1 Å². The number of anilines is 1. The first-order chi connectivity index (χ1) is 14.6. The standard InChI is InChI=1S/C24H22N2O4/c1-29-21-13-11-19(12-14-21)25-16-22(30-2)15-18-5-3-4-6-23(18)24(25)17-7-9-20(10-8-17)26(27)28/h3-15,24H,16H2,1-2H3. The molecule has 6 heteroatoms. The third-order valence-corrected chi connectivity index (χ3v) is 5.33. The molecule has 30 heavy (non-hydrogen) atoms. The van der Waals surface area contributed by atoms with Crippen LogP contribution in [0.5, 0.6) is 5.75 Å². The maximum Gasteiger partial charge on any atom is 0.269 e. The van der Waals surface area contributed by atoms with Gasteiger partial charge in [0.05, 0.1) is 31.7 Å². The van der Waals surface area contributed by atoms with Gasteiger partial charge in [0.25, 0.3) is 5.69 Å². The zero-order valence-corrected chi connectivity index (χ0v) is 16.8. The highest BCUT2D eigenvalue weighted by atomic mass is 16.6. The average Bonchev–Trinajstić information content (AvgIpc) is 2.96. The zero-order chi connectivity index (χ0) is 21.1. The number of nitro benzene ring substituents is 1. The molecule has 1 unspecified atom stereocenters. The fourth-order valence-corrected chi connectivity index (χ4v) is 3.81. The van der Waals surface area contributed by atoms with Crippen LogP contribution in [0.1, 0.15) is 22.7 Å². The Morgan fingerprint density at radius 1 is 0.933 bits per heavy atom. The molecule has 0 fully saturated rings. The monoisotopic (exact) mass is 402 g/mol. The molecule has 4 rings (SSSR count). The van der Waals surface area contributed by atoms with Gasteiger partial charge in [-0.1, -0.05) is 24.3 Å². The summed E-state index contributed by atoms with van der Waals surface area (Å²) in [6.07, 6.45) is 2.05. The number of methoxy groups -OCH3 is 2. The number of hydrogen-bond donors (Lipinski definition) is 0. The molecule has 0 saturated heterocycles. The Bertz CT molecular complexity index is 1080. The summed E-state index contributed by atoms with van der Waals surface area (Å²) in [7, 11) is 3.31. The largest absolute Gasteiger partial charge is 0.499 e. The summed E-state index contributed by atoms with van der Waals surface area (Å²) in [5, 5.41) is 11.1. The molecule has 3 aromatic rings. The van der Waals surface area contributed by atoms with E-state index in [0.29, 0.717) is 6.54 Å². The zero-order valence-electron chi connectivity index (χ0n) is 16.8. The molecule has 6 nitrogen and oxygen atoms in total. The van der Waals surface area contributed by atoms with Crippen LogP contribution < -0.4 is 9.64 Å². The summed E-state index contributed by atoms with van der Waals surface area (Å²) in [4.78, 5) is 13.0. The third-order valence-electron chi connectivity index (χ3n) is 5.33. The number of rotatable bonds is 5. The first-order valence-corrected chi connectivity index (χ1v) is 9.59. The van der Waals surface area contributed by atoms with Crippen LogP contribution >= 0.6 is 0 Å². The van der Waals surface area contributed by atoms with E-state index >= 15 is 0 Å². The Morgan fingerprint density at radius 2 is 1.63 bits per heavy atom. The molecule has 1 aliphatic rings. The van der Waals surface area contributed by atoms with E-state index in [4.69, 9.17) is 9.47 Å². The van der Waals surface area contributed by atoms with Gasteiger partial charge in [0.2, 0.25) is 0 Å². The van der Waals surface area contributed by atoms with Crippen LogP contribution in [0.25, 0.3) is 6.08 Å². The van der Waals surface area contributed by atoms with Crippen LogP contribution in [-0.4, -0.2) is 25.7 Å². The molecule has 0 aromatic heterocycles. The Morgan fingerprint density at radius 3 is 2.27 bits per heavy atom. The number of nitro groups is 1. The molecule has 1 aliphatic heterocycles. The van der Waals surface area contributed by atoms with Crippen molar-refractivity contribution in [2.45, 2.75) is 6.04 Å². The molecule has 0 saturated carbocycles. The lowest BCUT2D eigenvalue weighted by Crippen LogP contribution is -2.31. The van der Waals surface area contributed by atoms with Gasteiger partial charge in [-0.15, -0.1) is 0 Å². The maximum absolute atomic E-state index is 11.1. The van der Waals surface area contributed by atoms with Gasteiger partial charge in [-0.05, 0) is 59.2 Å². The van der Waals surface area contributed by atoms with Crippen LogP contribution in [0.15, 0.2) is 78.6 Å². The Balaban J connectivity index is 1.87. The summed E-state index contributed by atoms with van der Waals surface area (Å²) in [5.41, 5.74) is 4.21. The molecule has 1 atom stereocenters. The highest BCUT2D eigenvalue weighted by Gasteiger charge is 2.29. The summed E-state index contributed by atoms with van der Waals surface area (Å²) in [6, 6.07) is 22.7. The number of fused-ring (bicyclic) bond motifs is 1. The van der Waals surface area contributed by atoms with Crippen LogP contribution in [0.4, 0.5) is 11.4 Å². The van der Waals surface area contributed by atoms with Gasteiger partial charge in [-0.2, -0.15) is 0 Å². The normalized spacial score (nSPS) is 15.6. The van der Waals surface area contributed by atoms with Crippen LogP contribution in [0, 0.1) is 10.1 Å². The van der Waals surface area contributed by atoms with Crippen molar-refractivity contribution < 1.29 is 14.4 Å². The highest BCUT2D eigenvalue weighted by molar-refractivity contribution is 5.65. The Hall–Kier alpha value is -3.80. The molecule has 0 spiro atoms. The van der Waals surface area contributed by atoms with Gasteiger partial charge in [0, 0.05) is 17.8 Å². The van der Waals surface area contributed by atoms with E-state index in [1.165, 1.54) is 0 Å². The van der Waals surface area contributed by atoms with E-state index in [0.717, 1.165) is 33.9 Å². The second-order valence-electron chi connectivity index (χ2n) is 7.02. The maximum atomic E-state index is 11.1. The highest BCUT2D eigenvalue weighted by Crippen LogP contribution is 2.39. The fourth-order valence-electron chi connectivity index (χ4n) is 3.81. The number of non-ortho nitro benzene ring substituents is 1.